The van der Waals surface area contributed by atoms with Gasteiger partial charge in [0.25, 0.3) is 0 Å². The molecule has 0 radical (unpaired) electrons. The van der Waals surface area contributed by atoms with Gasteiger partial charge in [0.05, 0.1) is 24.5 Å². The molecule has 0 atom stereocenters. The zero-order valence-electron chi connectivity index (χ0n) is 22.2. The number of amides is 3. The summed E-state index contributed by atoms with van der Waals surface area (Å²) in [5.41, 5.74) is 10.9. The molecule has 0 aliphatic heterocycles. The average Bonchev–Trinajstić information content (AvgIpc) is 2.86. The number of hydrogen-bond donors (Lipinski definition) is 4. The number of nitrogens with zero attached hydrogens (tertiary/aromatic N) is 2. The third-order valence-electron chi connectivity index (χ3n) is 5.62. The highest BCUT2D eigenvalue weighted by molar-refractivity contribution is 7.97. The van der Waals surface area contributed by atoms with Gasteiger partial charge in [-0.2, -0.15) is 0 Å². The summed E-state index contributed by atoms with van der Waals surface area (Å²) in [5, 5.41) is 10.9. The Kier molecular flexibility index (Phi) is 12.1. The molecule has 3 amide bonds. The van der Waals surface area contributed by atoms with Crippen molar-refractivity contribution in [1.29, 1.82) is 0 Å². The summed E-state index contributed by atoms with van der Waals surface area (Å²) in [5.74, 6) is 1.03. The minimum absolute atomic E-state index is 0.255. The predicted molar refractivity (Wildman–Crippen MR) is 151 cm³/mol. The Morgan fingerprint density at radius 1 is 0.946 bits per heavy atom. The van der Waals surface area contributed by atoms with Gasteiger partial charge in [-0.05, 0) is 71.5 Å². The zero-order valence-corrected chi connectivity index (χ0v) is 23.1. The summed E-state index contributed by atoms with van der Waals surface area (Å²) < 4.78 is 0. The van der Waals surface area contributed by atoms with Gasteiger partial charge in [0, 0.05) is 11.4 Å². The fraction of sp³-hybridized carbons (Fsp3) is 0.357. The first-order chi connectivity index (χ1) is 17.6. The summed E-state index contributed by atoms with van der Waals surface area (Å²) in [4.78, 5) is 31.9. The lowest BCUT2D eigenvalue weighted by molar-refractivity contribution is -0.117. The number of benzene rings is 2. The fourth-order valence-electron chi connectivity index (χ4n) is 3.76. The maximum absolute atomic E-state index is 11.7. The molecule has 3 aromatic rings. The summed E-state index contributed by atoms with van der Waals surface area (Å²) >= 11 is 1.22. The van der Waals surface area contributed by atoms with Crippen molar-refractivity contribution in [3.05, 3.63) is 82.8 Å². The van der Waals surface area contributed by atoms with E-state index < -0.39 is 0 Å². The fourth-order valence-corrected chi connectivity index (χ4v) is 4.05. The minimum Gasteiger partial charge on any atom is -0.369 e. The lowest BCUT2D eigenvalue weighted by Crippen LogP contribution is -2.30. The maximum Gasteiger partial charge on any atom is 0.320 e. The van der Waals surface area contributed by atoms with E-state index in [0.29, 0.717) is 30.6 Å². The molecule has 37 heavy (non-hydrogen) atoms. The van der Waals surface area contributed by atoms with Gasteiger partial charge < -0.3 is 11.1 Å². The molecule has 0 spiro atoms. The molecule has 8 nitrogen and oxygen atoms in total. The monoisotopic (exact) mass is 522 g/mol. The number of carbonyl (C=O) groups is 2. The van der Waals surface area contributed by atoms with Gasteiger partial charge in [0.1, 0.15) is 0 Å². The highest BCUT2D eigenvalue weighted by Gasteiger charge is 2.14. The van der Waals surface area contributed by atoms with E-state index in [1.807, 2.05) is 31.2 Å². The number of nitrogens with two attached hydrogens (primary N) is 2. The Morgan fingerprint density at radius 3 is 2.05 bits per heavy atom. The Labute approximate surface area is 224 Å². The smallest absolute Gasteiger partial charge is 0.320 e. The van der Waals surface area contributed by atoms with Crippen LogP contribution in [0.15, 0.2) is 59.8 Å². The molecule has 0 aliphatic rings. The number of carbonyl (C=O) groups excluding carboxylic acids is 2. The standard InChI is InChI=1S/C14H17N5OS.C14H21NO/c1-10-8-18-13(9-17-10)19-14(20)16-7-6-11-2-4-12(21-15)5-3-11;1-9(2)11-6-5-7-12(10(3)4)13(11)8-14(15)16/h2-5,8-9H,6-7,15H2,1H3,(H2,16,18,19,20);5-7,9-10H,8H2,1-4H3,(H2,15,16). The number of aryl methyl sites for hydroxylation is 1. The molecule has 1 aromatic heterocycles. The Morgan fingerprint density at radius 2 is 1.57 bits per heavy atom. The van der Waals surface area contributed by atoms with Crippen LogP contribution in [-0.2, 0) is 17.6 Å². The molecule has 9 heteroatoms. The van der Waals surface area contributed by atoms with E-state index in [1.54, 1.807) is 6.20 Å². The first-order valence-electron chi connectivity index (χ1n) is 12.3. The summed E-state index contributed by atoms with van der Waals surface area (Å²) in [6, 6.07) is 13.9. The van der Waals surface area contributed by atoms with Gasteiger partial charge in [-0.15, -0.1) is 0 Å². The number of anilines is 1. The van der Waals surface area contributed by atoms with Gasteiger partial charge in [-0.25, -0.2) is 9.78 Å². The van der Waals surface area contributed by atoms with Crippen LogP contribution in [0.25, 0.3) is 0 Å². The van der Waals surface area contributed by atoms with Crippen LogP contribution in [-0.4, -0.2) is 28.5 Å². The third kappa shape index (κ3) is 10.2. The number of primary amides is 1. The Bertz CT molecular complexity index is 1120. The summed E-state index contributed by atoms with van der Waals surface area (Å²) in [7, 11) is 0. The second kappa shape index (κ2) is 15.0. The quantitative estimate of drug-likeness (QED) is 0.290. The molecule has 0 bridgehead atoms. The molecule has 0 saturated heterocycles. The third-order valence-corrected chi connectivity index (χ3v) is 6.17. The number of rotatable bonds is 9. The van der Waals surface area contributed by atoms with Crippen LogP contribution in [0.1, 0.15) is 67.5 Å². The van der Waals surface area contributed by atoms with E-state index in [2.05, 4.69) is 66.5 Å². The molecular weight excluding hydrogens is 484 g/mol. The first kappa shape index (κ1) is 29.8. The largest absolute Gasteiger partial charge is 0.369 e. The first-order valence-corrected chi connectivity index (χ1v) is 13.2. The van der Waals surface area contributed by atoms with Crippen LogP contribution in [0.4, 0.5) is 10.6 Å². The van der Waals surface area contributed by atoms with Crippen molar-refractivity contribution in [3.63, 3.8) is 0 Å². The van der Waals surface area contributed by atoms with Crippen LogP contribution < -0.4 is 21.5 Å². The average molecular weight is 523 g/mol. The van der Waals surface area contributed by atoms with Crippen molar-refractivity contribution >= 4 is 29.7 Å². The molecule has 2 aromatic carbocycles. The van der Waals surface area contributed by atoms with Crippen molar-refractivity contribution in [1.82, 2.24) is 15.3 Å². The van der Waals surface area contributed by atoms with Crippen LogP contribution in [0, 0.1) is 6.92 Å². The van der Waals surface area contributed by atoms with Crippen molar-refractivity contribution in [3.8, 4) is 0 Å². The molecule has 0 saturated carbocycles. The van der Waals surface area contributed by atoms with E-state index in [-0.39, 0.29) is 11.9 Å². The SMILES string of the molecule is CC(C)c1cccc(C(C)C)c1CC(N)=O.Cc1cnc(NC(=O)NCCc2ccc(SN)cc2)cn1. The van der Waals surface area contributed by atoms with Crippen molar-refractivity contribution in [2.75, 3.05) is 11.9 Å². The van der Waals surface area contributed by atoms with Gasteiger partial charge >= 0.3 is 6.03 Å². The highest BCUT2D eigenvalue weighted by Crippen LogP contribution is 2.27. The van der Waals surface area contributed by atoms with Crippen molar-refractivity contribution in [2.45, 2.75) is 64.2 Å². The zero-order chi connectivity index (χ0) is 27.4. The number of nitrogens with one attached hydrogen (secondary N) is 2. The molecule has 0 unspecified atom stereocenters. The maximum atomic E-state index is 11.7. The molecule has 198 valence electrons. The van der Waals surface area contributed by atoms with Crippen molar-refractivity contribution < 1.29 is 9.59 Å². The normalized spacial score (nSPS) is 10.6. The predicted octanol–water partition coefficient (Wildman–Crippen LogP) is 5.08. The molecule has 1 heterocycles. The highest BCUT2D eigenvalue weighted by atomic mass is 32.2. The second-order valence-corrected chi connectivity index (χ2v) is 10.0. The Balaban J connectivity index is 0.000000271. The van der Waals surface area contributed by atoms with E-state index >= 15 is 0 Å². The topological polar surface area (TPSA) is 136 Å². The van der Waals surface area contributed by atoms with E-state index in [4.69, 9.17) is 10.9 Å². The molecule has 0 aliphatic carbocycles. The summed E-state index contributed by atoms with van der Waals surface area (Å²) in [6.07, 6.45) is 4.23. The number of hydrogen-bond acceptors (Lipinski definition) is 6. The molecular formula is C28H38N6O2S. The van der Waals surface area contributed by atoms with Crippen LogP contribution in [0.5, 0.6) is 0 Å². The number of urea groups is 1. The molecule has 3 rings (SSSR count). The van der Waals surface area contributed by atoms with Crippen LogP contribution >= 0.6 is 11.9 Å². The second-order valence-electron chi connectivity index (χ2n) is 9.30. The van der Waals surface area contributed by atoms with Gasteiger partial charge in [-0.1, -0.05) is 58.0 Å². The number of aromatic nitrogens is 2. The molecule has 6 N–H and O–H groups in total. The lowest BCUT2D eigenvalue weighted by Gasteiger charge is -2.18. The lowest BCUT2D eigenvalue weighted by atomic mass is 9.87. The van der Waals surface area contributed by atoms with E-state index in [9.17, 15) is 9.59 Å². The van der Waals surface area contributed by atoms with Crippen LogP contribution in [0.2, 0.25) is 0 Å². The van der Waals surface area contributed by atoms with Gasteiger partial charge in [-0.3, -0.25) is 20.2 Å². The van der Waals surface area contributed by atoms with Gasteiger partial charge in [0.2, 0.25) is 5.91 Å². The van der Waals surface area contributed by atoms with Crippen molar-refractivity contribution in [2.24, 2.45) is 10.9 Å². The Hall–Kier alpha value is -3.43. The van der Waals surface area contributed by atoms with Gasteiger partial charge in [0.15, 0.2) is 5.82 Å². The minimum atomic E-state index is -0.290. The van der Waals surface area contributed by atoms with Crippen LogP contribution in [0.3, 0.4) is 0 Å². The van der Waals surface area contributed by atoms with E-state index in [0.717, 1.165) is 28.1 Å². The van der Waals surface area contributed by atoms with E-state index in [1.165, 1.54) is 29.3 Å². The summed E-state index contributed by atoms with van der Waals surface area (Å²) in [6.45, 7) is 11.0. The molecule has 0 fully saturated rings.